The minimum absolute atomic E-state index is 0.0213. The van der Waals surface area contributed by atoms with Crippen LogP contribution in [0.3, 0.4) is 0 Å². The molecule has 1 aliphatic rings. The van der Waals surface area contributed by atoms with E-state index < -0.39 is 0 Å². The Hall–Kier alpha value is -1.49. The van der Waals surface area contributed by atoms with E-state index >= 15 is 0 Å². The lowest BCUT2D eigenvalue weighted by Gasteiger charge is -2.29. The van der Waals surface area contributed by atoms with Crippen molar-refractivity contribution in [3.05, 3.63) is 24.3 Å². The molecule has 0 fully saturated rings. The van der Waals surface area contributed by atoms with Gasteiger partial charge in [-0.2, -0.15) is 0 Å². The second-order valence-corrected chi connectivity index (χ2v) is 7.46. The van der Waals surface area contributed by atoms with Crippen LogP contribution in [0.25, 0.3) is 0 Å². The molecule has 1 aromatic rings. The summed E-state index contributed by atoms with van der Waals surface area (Å²) in [7, 11) is 0. The largest absolute Gasteiger partial charge is 0.354 e. The lowest BCUT2D eigenvalue weighted by atomic mass is 10.1. The van der Waals surface area contributed by atoms with Gasteiger partial charge in [0.1, 0.15) is 0 Å². The van der Waals surface area contributed by atoms with Crippen molar-refractivity contribution in [1.82, 2.24) is 5.32 Å². The number of anilines is 1. The standard InChI is InChI=1S/C19H28N2O2S/c1-3-4-5-8-15(2)20-18(22)11-12-19(23)21-13-14-24-17-10-7-6-9-16(17)21/h6-7,9-10,15H,3-5,8,11-14H2,1-2H3,(H,20,22). The predicted octanol–water partition coefficient (Wildman–Crippen LogP) is 3.99. The van der Waals surface area contributed by atoms with Crippen molar-refractivity contribution in [2.75, 3.05) is 17.2 Å². The molecular weight excluding hydrogens is 320 g/mol. The van der Waals surface area contributed by atoms with Crippen LogP contribution in [0.5, 0.6) is 0 Å². The molecule has 1 unspecified atom stereocenters. The number of hydrogen-bond donors (Lipinski definition) is 1. The average Bonchev–Trinajstić information content (AvgIpc) is 2.59. The number of hydrogen-bond acceptors (Lipinski definition) is 3. The monoisotopic (exact) mass is 348 g/mol. The molecule has 2 rings (SSSR count). The minimum atomic E-state index is -0.0213. The third-order valence-corrected chi connectivity index (χ3v) is 5.29. The number of unbranched alkanes of at least 4 members (excludes halogenated alkanes) is 2. The van der Waals surface area contributed by atoms with Gasteiger partial charge in [0, 0.05) is 36.1 Å². The van der Waals surface area contributed by atoms with E-state index in [1.54, 1.807) is 11.8 Å². The molecule has 0 aliphatic carbocycles. The van der Waals surface area contributed by atoms with Crippen molar-refractivity contribution in [2.45, 2.75) is 63.3 Å². The molecule has 132 valence electrons. The predicted molar refractivity (Wildman–Crippen MR) is 100 cm³/mol. The Bertz CT molecular complexity index is 562. The van der Waals surface area contributed by atoms with Crippen molar-refractivity contribution in [1.29, 1.82) is 0 Å². The molecule has 0 saturated heterocycles. The van der Waals surface area contributed by atoms with Gasteiger partial charge in [-0.15, -0.1) is 11.8 Å². The third kappa shape index (κ3) is 5.55. The van der Waals surface area contributed by atoms with E-state index in [1.807, 2.05) is 36.1 Å². The number of nitrogens with one attached hydrogen (secondary N) is 1. The molecule has 5 heteroatoms. The van der Waals surface area contributed by atoms with Crippen molar-refractivity contribution in [2.24, 2.45) is 0 Å². The zero-order valence-corrected chi connectivity index (χ0v) is 15.5. The van der Waals surface area contributed by atoms with E-state index in [0.717, 1.165) is 35.7 Å². The van der Waals surface area contributed by atoms with Crippen molar-refractivity contribution in [3.8, 4) is 0 Å². The summed E-state index contributed by atoms with van der Waals surface area (Å²) in [6.07, 6.45) is 5.06. The fraction of sp³-hybridized carbons (Fsp3) is 0.579. The molecule has 1 heterocycles. The number of carbonyl (C=O) groups is 2. The fourth-order valence-corrected chi connectivity index (χ4v) is 3.90. The number of para-hydroxylation sites is 1. The highest BCUT2D eigenvalue weighted by Gasteiger charge is 2.23. The number of carbonyl (C=O) groups excluding carboxylic acids is 2. The van der Waals surface area contributed by atoms with Gasteiger partial charge >= 0.3 is 0 Å². The SMILES string of the molecule is CCCCCC(C)NC(=O)CCC(=O)N1CCSc2ccccc21. The first-order chi connectivity index (χ1) is 11.6. The zero-order valence-electron chi connectivity index (χ0n) is 14.7. The van der Waals surface area contributed by atoms with Crippen molar-refractivity contribution < 1.29 is 9.59 Å². The summed E-state index contributed by atoms with van der Waals surface area (Å²) in [6.45, 7) is 4.93. The summed E-state index contributed by atoms with van der Waals surface area (Å²) >= 11 is 1.78. The highest BCUT2D eigenvalue weighted by Crippen LogP contribution is 2.34. The maximum absolute atomic E-state index is 12.5. The Kier molecular flexibility index (Phi) is 7.63. The summed E-state index contributed by atoms with van der Waals surface area (Å²) in [5, 5.41) is 3.00. The molecule has 0 bridgehead atoms. The molecule has 0 aromatic heterocycles. The zero-order chi connectivity index (χ0) is 17.4. The van der Waals surface area contributed by atoms with Gasteiger partial charge in [-0.25, -0.2) is 0 Å². The number of nitrogens with zero attached hydrogens (tertiary/aromatic N) is 1. The van der Waals surface area contributed by atoms with Crippen LogP contribution in [0.1, 0.15) is 52.4 Å². The van der Waals surface area contributed by atoms with E-state index in [1.165, 1.54) is 12.8 Å². The summed E-state index contributed by atoms with van der Waals surface area (Å²) < 4.78 is 0. The molecule has 1 aliphatic heterocycles. The summed E-state index contributed by atoms with van der Waals surface area (Å²) in [4.78, 5) is 27.5. The lowest BCUT2D eigenvalue weighted by Crippen LogP contribution is -2.37. The fourth-order valence-electron chi connectivity index (χ4n) is 2.90. The molecule has 1 atom stereocenters. The molecule has 0 spiro atoms. The smallest absolute Gasteiger partial charge is 0.227 e. The van der Waals surface area contributed by atoms with Gasteiger partial charge in [0.05, 0.1) is 5.69 Å². The summed E-state index contributed by atoms with van der Waals surface area (Å²) in [6, 6.07) is 8.16. The third-order valence-electron chi connectivity index (χ3n) is 4.24. The second-order valence-electron chi connectivity index (χ2n) is 6.33. The van der Waals surface area contributed by atoms with Crippen LogP contribution in [-0.4, -0.2) is 30.2 Å². The maximum atomic E-state index is 12.5. The normalized spacial score (nSPS) is 14.8. The van der Waals surface area contributed by atoms with E-state index in [4.69, 9.17) is 0 Å². The maximum Gasteiger partial charge on any atom is 0.227 e. The lowest BCUT2D eigenvalue weighted by molar-refractivity contribution is -0.125. The molecule has 1 N–H and O–H groups in total. The minimum Gasteiger partial charge on any atom is -0.354 e. The van der Waals surface area contributed by atoms with Gasteiger partial charge in [0.2, 0.25) is 11.8 Å². The van der Waals surface area contributed by atoms with E-state index in [0.29, 0.717) is 0 Å². The Balaban J connectivity index is 1.78. The first-order valence-corrected chi connectivity index (χ1v) is 9.92. The van der Waals surface area contributed by atoms with Gasteiger partial charge < -0.3 is 10.2 Å². The van der Waals surface area contributed by atoms with Gasteiger partial charge in [0.15, 0.2) is 0 Å². The first kappa shape index (κ1) is 18.8. The van der Waals surface area contributed by atoms with E-state index in [9.17, 15) is 9.59 Å². The number of fused-ring (bicyclic) bond motifs is 1. The van der Waals surface area contributed by atoms with E-state index in [2.05, 4.69) is 12.2 Å². The molecule has 1 aromatic carbocycles. The van der Waals surface area contributed by atoms with E-state index in [-0.39, 0.29) is 30.7 Å². The second kappa shape index (κ2) is 9.72. The van der Waals surface area contributed by atoms with Crippen molar-refractivity contribution >= 4 is 29.3 Å². The Labute approximate surface area is 149 Å². The summed E-state index contributed by atoms with van der Waals surface area (Å²) in [5.41, 5.74) is 0.979. The average molecular weight is 349 g/mol. The molecule has 4 nitrogen and oxygen atoms in total. The Morgan fingerprint density at radius 1 is 1.25 bits per heavy atom. The van der Waals surface area contributed by atoms with Crippen LogP contribution in [0.15, 0.2) is 29.2 Å². The number of amides is 2. The Morgan fingerprint density at radius 3 is 2.83 bits per heavy atom. The topological polar surface area (TPSA) is 49.4 Å². The number of benzene rings is 1. The van der Waals surface area contributed by atoms with Crippen LogP contribution in [0, 0.1) is 0 Å². The van der Waals surface area contributed by atoms with Gasteiger partial charge in [-0.05, 0) is 25.5 Å². The summed E-state index contributed by atoms with van der Waals surface area (Å²) in [5.74, 6) is 0.923. The van der Waals surface area contributed by atoms with Crippen LogP contribution >= 0.6 is 11.8 Å². The quantitative estimate of drug-likeness (QED) is 0.723. The molecule has 0 saturated carbocycles. The first-order valence-electron chi connectivity index (χ1n) is 8.93. The molecule has 0 radical (unpaired) electrons. The molecule has 24 heavy (non-hydrogen) atoms. The Morgan fingerprint density at radius 2 is 2.04 bits per heavy atom. The number of rotatable bonds is 8. The number of thioether (sulfide) groups is 1. The highest BCUT2D eigenvalue weighted by atomic mass is 32.2. The molecule has 2 amide bonds. The highest BCUT2D eigenvalue weighted by molar-refractivity contribution is 7.99. The van der Waals surface area contributed by atoms with Gasteiger partial charge in [0.25, 0.3) is 0 Å². The molecular formula is C19H28N2O2S. The van der Waals surface area contributed by atoms with Crippen LogP contribution < -0.4 is 10.2 Å². The van der Waals surface area contributed by atoms with Gasteiger partial charge in [-0.1, -0.05) is 38.3 Å². The van der Waals surface area contributed by atoms with Crippen molar-refractivity contribution in [3.63, 3.8) is 0 Å². The van der Waals surface area contributed by atoms with Crippen LogP contribution in [-0.2, 0) is 9.59 Å². The van der Waals surface area contributed by atoms with Crippen LogP contribution in [0.2, 0.25) is 0 Å². The van der Waals surface area contributed by atoms with Crippen LogP contribution in [0.4, 0.5) is 5.69 Å². The van der Waals surface area contributed by atoms with Gasteiger partial charge in [-0.3, -0.25) is 9.59 Å².